The summed E-state index contributed by atoms with van der Waals surface area (Å²) in [6, 6.07) is 0.211. The van der Waals surface area contributed by atoms with Crippen molar-refractivity contribution in [1.29, 1.82) is 0 Å². The number of rotatable bonds is 13. The normalized spacial score (nSPS) is 13.7. The zero-order valence-electron chi connectivity index (χ0n) is 14.5. The van der Waals surface area contributed by atoms with Crippen LogP contribution in [0.4, 0.5) is 0 Å². The fourth-order valence-corrected chi connectivity index (χ4v) is 2.33. The Bertz CT molecular complexity index is 198. The third kappa shape index (κ3) is 16.0. The summed E-state index contributed by atoms with van der Waals surface area (Å²) in [5.41, 5.74) is 6.00. The van der Waals surface area contributed by atoms with Gasteiger partial charge in [-0.3, -0.25) is 0 Å². The molecule has 0 aliphatic heterocycles. The van der Waals surface area contributed by atoms with Crippen LogP contribution in [0.15, 0.2) is 0 Å². The van der Waals surface area contributed by atoms with Gasteiger partial charge in [0, 0.05) is 6.04 Å². The summed E-state index contributed by atoms with van der Waals surface area (Å²) in [6.45, 7) is 9.22. The molecular formula is C18H39NO. The standard InChI is InChI=1S/C18H39NO/c1-5-6-7-8-9-10-11-12-13-14-15-17(19)16-20-18(2,3)4/h17H,5-16,19H2,1-4H3. The van der Waals surface area contributed by atoms with Crippen molar-refractivity contribution in [2.75, 3.05) is 6.61 Å². The van der Waals surface area contributed by atoms with Gasteiger partial charge in [-0.2, -0.15) is 0 Å². The lowest BCUT2D eigenvalue weighted by molar-refractivity contribution is -0.0110. The van der Waals surface area contributed by atoms with E-state index >= 15 is 0 Å². The monoisotopic (exact) mass is 285 g/mol. The summed E-state index contributed by atoms with van der Waals surface area (Å²) < 4.78 is 5.71. The van der Waals surface area contributed by atoms with Crippen molar-refractivity contribution in [1.82, 2.24) is 0 Å². The van der Waals surface area contributed by atoms with Crippen LogP contribution in [-0.4, -0.2) is 18.2 Å². The summed E-state index contributed by atoms with van der Waals surface area (Å²) in [4.78, 5) is 0. The van der Waals surface area contributed by atoms with Crippen LogP contribution in [0.3, 0.4) is 0 Å². The number of hydrogen-bond donors (Lipinski definition) is 1. The molecule has 1 atom stereocenters. The topological polar surface area (TPSA) is 35.2 Å². The highest BCUT2D eigenvalue weighted by Crippen LogP contribution is 2.13. The third-order valence-corrected chi connectivity index (χ3v) is 3.66. The molecule has 0 saturated carbocycles. The van der Waals surface area contributed by atoms with Crippen molar-refractivity contribution < 1.29 is 4.74 Å². The van der Waals surface area contributed by atoms with Gasteiger partial charge in [0.2, 0.25) is 0 Å². The fourth-order valence-electron chi connectivity index (χ4n) is 2.33. The molecule has 122 valence electrons. The van der Waals surface area contributed by atoms with Gasteiger partial charge in [-0.15, -0.1) is 0 Å². The molecule has 0 amide bonds. The SMILES string of the molecule is CCCCCCCCCCCCC(N)COC(C)(C)C. The van der Waals surface area contributed by atoms with Gasteiger partial charge < -0.3 is 10.5 Å². The first-order valence-corrected chi connectivity index (χ1v) is 8.85. The lowest BCUT2D eigenvalue weighted by Crippen LogP contribution is -2.31. The number of hydrogen-bond acceptors (Lipinski definition) is 2. The van der Waals surface area contributed by atoms with Crippen LogP contribution in [0.1, 0.15) is 98.3 Å². The molecule has 0 rings (SSSR count). The molecule has 0 aliphatic carbocycles. The molecule has 2 heteroatoms. The van der Waals surface area contributed by atoms with Crippen LogP contribution in [0.5, 0.6) is 0 Å². The summed E-state index contributed by atoms with van der Waals surface area (Å²) in [5, 5.41) is 0. The molecule has 1 unspecified atom stereocenters. The van der Waals surface area contributed by atoms with Gasteiger partial charge in [-0.25, -0.2) is 0 Å². The number of unbranched alkanes of at least 4 members (excludes halogenated alkanes) is 9. The second-order valence-corrected chi connectivity index (χ2v) is 7.15. The molecule has 0 aromatic rings. The zero-order valence-corrected chi connectivity index (χ0v) is 14.5. The summed E-state index contributed by atoms with van der Waals surface area (Å²) >= 11 is 0. The fraction of sp³-hybridized carbons (Fsp3) is 1.00. The molecule has 0 aromatic heterocycles. The van der Waals surface area contributed by atoms with Crippen molar-refractivity contribution in [2.24, 2.45) is 5.73 Å². The molecule has 0 bridgehead atoms. The predicted octanol–water partition coefficient (Wildman–Crippen LogP) is 5.44. The Morgan fingerprint density at radius 3 is 1.70 bits per heavy atom. The van der Waals surface area contributed by atoms with E-state index in [0.29, 0.717) is 6.61 Å². The average molecular weight is 286 g/mol. The van der Waals surface area contributed by atoms with Crippen molar-refractivity contribution in [2.45, 2.75) is 110 Å². The summed E-state index contributed by atoms with van der Waals surface area (Å²) in [7, 11) is 0. The van der Waals surface area contributed by atoms with E-state index in [1.54, 1.807) is 0 Å². The predicted molar refractivity (Wildman–Crippen MR) is 90.1 cm³/mol. The molecule has 0 fully saturated rings. The van der Waals surface area contributed by atoms with Crippen molar-refractivity contribution in [3.05, 3.63) is 0 Å². The van der Waals surface area contributed by atoms with Crippen molar-refractivity contribution >= 4 is 0 Å². The van der Waals surface area contributed by atoms with Crippen LogP contribution in [0.2, 0.25) is 0 Å². The third-order valence-electron chi connectivity index (χ3n) is 3.66. The van der Waals surface area contributed by atoms with E-state index in [-0.39, 0.29) is 11.6 Å². The first-order valence-electron chi connectivity index (χ1n) is 8.85. The molecule has 0 saturated heterocycles. The molecule has 0 radical (unpaired) electrons. The van der Waals surface area contributed by atoms with Gasteiger partial charge in [0.15, 0.2) is 0 Å². The smallest absolute Gasteiger partial charge is 0.0624 e. The van der Waals surface area contributed by atoms with Gasteiger partial charge in [-0.05, 0) is 27.2 Å². The number of ether oxygens (including phenoxy) is 1. The van der Waals surface area contributed by atoms with E-state index in [9.17, 15) is 0 Å². The minimum Gasteiger partial charge on any atom is -0.374 e. The Morgan fingerprint density at radius 2 is 1.25 bits per heavy atom. The van der Waals surface area contributed by atoms with E-state index < -0.39 is 0 Å². The lowest BCUT2D eigenvalue weighted by Gasteiger charge is -2.22. The van der Waals surface area contributed by atoms with Crippen LogP contribution < -0.4 is 5.73 Å². The van der Waals surface area contributed by atoms with Gasteiger partial charge in [0.1, 0.15) is 0 Å². The molecule has 0 spiro atoms. The Kier molecular flexibility index (Phi) is 12.6. The zero-order chi connectivity index (χ0) is 15.3. The molecule has 0 aliphatic rings. The molecular weight excluding hydrogens is 246 g/mol. The average Bonchev–Trinajstić information content (AvgIpc) is 2.38. The molecule has 0 aromatic carbocycles. The van der Waals surface area contributed by atoms with Crippen molar-refractivity contribution in [3.63, 3.8) is 0 Å². The Labute approximate surface area is 127 Å². The molecule has 2 N–H and O–H groups in total. The second kappa shape index (κ2) is 12.6. The van der Waals surface area contributed by atoms with Gasteiger partial charge in [-0.1, -0.05) is 71.1 Å². The minimum atomic E-state index is -0.0601. The summed E-state index contributed by atoms with van der Waals surface area (Å²) in [5.74, 6) is 0. The maximum absolute atomic E-state index is 6.06. The van der Waals surface area contributed by atoms with Gasteiger partial charge >= 0.3 is 0 Å². The molecule has 2 nitrogen and oxygen atoms in total. The van der Waals surface area contributed by atoms with E-state index in [1.165, 1.54) is 64.2 Å². The maximum Gasteiger partial charge on any atom is 0.0624 e. The Hall–Kier alpha value is -0.0800. The van der Waals surface area contributed by atoms with E-state index in [1.807, 2.05) is 0 Å². The highest BCUT2D eigenvalue weighted by atomic mass is 16.5. The second-order valence-electron chi connectivity index (χ2n) is 7.15. The lowest BCUT2D eigenvalue weighted by atomic mass is 10.0. The van der Waals surface area contributed by atoms with Gasteiger partial charge in [0.05, 0.1) is 12.2 Å². The molecule has 20 heavy (non-hydrogen) atoms. The van der Waals surface area contributed by atoms with E-state index in [0.717, 1.165) is 6.42 Å². The van der Waals surface area contributed by atoms with Crippen LogP contribution in [0.25, 0.3) is 0 Å². The van der Waals surface area contributed by atoms with Gasteiger partial charge in [0.25, 0.3) is 0 Å². The van der Waals surface area contributed by atoms with Crippen LogP contribution >= 0.6 is 0 Å². The van der Waals surface area contributed by atoms with Crippen LogP contribution in [-0.2, 0) is 4.74 Å². The summed E-state index contributed by atoms with van der Waals surface area (Å²) in [6.07, 6.45) is 14.9. The Balaban J connectivity index is 3.19. The largest absolute Gasteiger partial charge is 0.374 e. The molecule has 0 heterocycles. The first kappa shape index (κ1) is 19.9. The maximum atomic E-state index is 6.06. The first-order chi connectivity index (χ1) is 9.45. The van der Waals surface area contributed by atoms with Crippen molar-refractivity contribution in [3.8, 4) is 0 Å². The van der Waals surface area contributed by atoms with Crippen LogP contribution in [0, 0.1) is 0 Å². The minimum absolute atomic E-state index is 0.0601. The highest BCUT2D eigenvalue weighted by Gasteiger charge is 2.12. The number of nitrogens with two attached hydrogens (primary N) is 1. The quantitative estimate of drug-likeness (QED) is 0.457. The highest BCUT2D eigenvalue weighted by molar-refractivity contribution is 4.65. The Morgan fingerprint density at radius 1 is 0.800 bits per heavy atom. The van der Waals surface area contributed by atoms with E-state index in [4.69, 9.17) is 10.5 Å². The van der Waals surface area contributed by atoms with E-state index in [2.05, 4.69) is 27.7 Å².